The summed E-state index contributed by atoms with van der Waals surface area (Å²) in [4.78, 5) is 20.0. The molecule has 0 spiro atoms. The van der Waals surface area contributed by atoms with Crippen molar-refractivity contribution in [2.24, 2.45) is 0 Å². The number of benzene rings is 1. The van der Waals surface area contributed by atoms with Gasteiger partial charge in [-0.05, 0) is 12.8 Å². The normalized spacial score (nSPS) is 13.5. The molecule has 2 heterocycles. The van der Waals surface area contributed by atoms with Gasteiger partial charge in [0.05, 0.1) is 0 Å². The predicted molar refractivity (Wildman–Crippen MR) is 145 cm³/mol. The molecule has 1 aromatic carbocycles. The molecule has 0 N–H and O–H groups in total. The molecule has 176 valence electrons. The maximum atomic E-state index is 4.51. The zero-order valence-electron chi connectivity index (χ0n) is 21.1. The molecule has 0 saturated heterocycles. The van der Waals surface area contributed by atoms with E-state index in [1.165, 1.54) is 42.1 Å². The van der Waals surface area contributed by atoms with Crippen molar-refractivity contribution in [3.05, 3.63) is 43.1 Å². The van der Waals surface area contributed by atoms with E-state index in [9.17, 15) is 0 Å². The standard InChI is InChI=1S/C12H26S.C11H7N4.3CH3.Sn/c1-5-7-9-11(3)13-12(4)10-8-6-2;1-2-4-10-9(3-1)14-8-15(10)11-5-6-12-7-13-11;;;;/h11-12H,5-10H2,1-4H3;2-8H;3*1H3;. The molecule has 0 aliphatic carbocycles. The first kappa shape index (κ1) is 27.2. The van der Waals surface area contributed by atoms with Crippen molar-refractivity contribution in [2.45, 2.75) is 91.5 Å². The maximum absolute atomic E-state index is 4.51. The first-order valence-corrected chi connectivity index (χ1v) is 23.1. The SMILES string of the molecule is CCCCC(C)SC(C)CCCC.[CH3][Sn]([CH3])([CH3])[c]1ccc2c(c1)ncn2-c1ccncn1. The summed E-state index contributed by atoms with van der Waals surface area (Å²) >= 11 is 0.153. The Bertz CT molecular complexity index is 908. The summed E-state index contributed by atoms with van der Waals surface area (Å²) in [5.41, 5.74) is 2.14. The second-order valence-electron chi connectivity index (χ2n) is 9.68. The summed E-state index contributed by atoms with van der Waals surface area (Å²) < 4.78 is 3.49. The molecule has 2 atom stereocenters. The minimum absolute atomic E-state index is 0.851. The number of fused-ring (bicyclic) bond motifs is 1. The van der Waals surface area contributed by atoms with Crippen LogP contribution in [0.3, 0.4) is 0 Å². The van der Waals surface area contributed by atoms with Gasteiger partial charge >= 0.3 is 116 Å². The van der Waals surface area contributed by atoms with Gasteiger partial charge in [-0.3, -0.25) is 0 Å². The van der Waals surface area contributed by atoms with Crippen LogP contribution in [0.2, 0.25) is 14.8 Å². The van der Waals surface area contributed by atoms with Crippen molar-refractivity contribution >= 4 is 44.8 Å². The van der Waals surface area contributed by atoms with Gasteiger partial charge in [0.15, 0.2) is 0 Å². The van der Waals surface area contributed by atoms with Crippen molar-refractivity contribution in [2.75, 3.05) is 0 Å². The van der Waals surface area contributed by atoms with E-state index >= 15 is 0 Å². The molecule has 0 aliphatic heterocycles. The molecule has 6 heteroatoms. The molecule has 4 nitrogen and oxygen atoms in total. The van der Waals surface area contributed by atoms with Crippen LogP contribution in [-0.4, -0.2) is 48.4 Å². The molecule has 3 aromatic rings. The molecule has 0 bridgehead atoms. The number of unbranched alkanes of at least 4 members (excludes halogenated alkanes) is 2. The van der Waals surface area contributed by atoms with Gasteiger partial charge in [0.2, 0.25) is 0 Å². The summed E-state index contributed by atoms with van der Waals surface area (Å²) in [5.74, 6) is 0.851. The molecule has 2 unspecified atom stereocenters. The summed E-state index contributed by atoms with van der Waals surface area (Å²) in [6, 6.07) is 8.53. The van der Waals surface area contributed by atoms with Crippen LogP contribution in [0, 0.1) is 0 Å². The van der Waals surface area contributed by atoms with E-state index in [2.05, 4.69) is 87.4 Å². The van der Waals surface area contributed by atoms with E-state index in [-0.39, 0.29) is 0 Å². The number of hydrogen-bond donors (Lipinski definition) is 0. The van der Waals surface area contributed by atoms with Crippen LogP contribution in [-0.2, 0) is 0 Å². The number of imidazole rings is 1. The Kier molecular flexibility index (Phi) is 11.5. The average molecular weight is 561 g/mol. The van der Waals surface area contributed by atoms with Gasteiger partial charge in [0, 0.05) is 10.5 Å². The van der Waals surface area contributed by atoms with E-state index in [4.69, 9.17) is 0 Å². The molecule has 0 saturated carbocycles. The first-order valence-electron chi connectivity index (χ1n) is 12.2. The molecular weight excluding hydrogens is 519 g/mol. The second kappa shape index (κ2) is 13.6. The fourth-order valence-electron chi connectivity index (χ4n) is 3.60. The Morgan fingerprint density at radius 3 is 2.12 bits per heavy atom. The first-order chi connectivity index (χ1) is 15.3. The number of thioether (sulfide) groups is 1. The summed E-state index contributed by atoms with van der Waals surface area (Å²) in [5, 5.41) is 1.73. The topological polar surface area (TPSA) is 43.6 Å². The van der Waals surface area contributed by atoms with E-state index < -0.39 is 18.4 Å². The minimum atomic E-state index is -2.03. The van der Waals surface area contributed by atoms with E-state index in [0.717, 1.165) is 27.4 Å². The van der Waals surface area contributed by atoms with Crippen LogP contribution in [0.15, 0.2) is 43.1 Å². The van der Waals surface area contributed by atoms with Crippen molar-refractivity contribution in [1.29, 1.82) is 0 Å². The molecule has 0 aliphatic rings. The fourth-order valence-corrected chi connectivity index (χ4v) is 8.29. The summed E-state index contributed by atoms with van der Waals surface area (Å²) in [7, 11) is 0. The number of aromatic nitrogens is 4. The van der Waals surface area contributed by atoms with Crippen molar-refractivity contribution in [1.82, 2.24) is 19.5 Å². The van der Waals surface area contributed by atoms with Gasteiger partial charge in [-0.25, -0.2) is 0 Å². The van der Waals surface area contributed by atoms with E-state index in [0.29, 0.717) is 0 Å². The van der Waals surface area contributed by atoms with Gasteiger partial charge in [0.25, 0.3) is 0 Å². The molecule has 3 rings (SSSR count). The van der Waals surface area contributed by atoms with Crippen molar-refractivity contribution < 1.29 is 0 Å². The monoisotopic (exact) mass is 562 g/mol. The Morgan fingerprint density at radius 2 is 1.59 bits per heavy atom. The molecule has 32 heavy (non-hydrogen) atoms. The molecule has 2 aromatic heterocycles. The third kappa shape index (κ3) is 8.69. The molecule has 0 radical (unpaired) electrons. The van der Waals surface area contributed by atoms with E-state index in [1.807, 2.05) is 17.0 Å². The zero-order chi connectivity index (χ0) is 23.6. The number of hydrogen-bond acceptors (Lipinski definition) is 4. The van der Waals surface area contributed by atoms with Crippen LogP contribution in [0.5, 0.6) is 0 Å². The fraction of sp³-hybridized carbons (Fsp3) is 0.577. The van der Waals surface area contributed by atoms with Crippen molar-refractivity contribution in [3.63, 3.8) is 0 Å². The quantitative estimate of drug-likeness (QED) is 0.245. The Balaban J connectivity index is 0.000000247. The third-order valence-electron chi connectivity index (χ3n) is 5.62. The van der Waals surface area contributed by atoms with Gasteiger partial charge in [-0.2, -0.15) is 11.8 Å². The van der Waals surface area contributed by atoms with Crippen LogP contribution in [0.25, 0.3) is 16.9 Å². The molecular formula is C26H42N4SSn. The average Bonchev–Trinajstić information content (AvgIpc) is 3.20. The van der Waals surface area contributed by atoms with Gasteiger partial charge in [0.1, 0.15) is 0 Å². The summed E-state index contributed by atoms with van der Waals surface area (Å²) in [6.45, 7) is 9.31. The molecule has 0 amide bonds. The van der Waals surface area contributed by atoms with Gasteiger partial charge in [-0.15, -0.1) is 0 Å². The van der Waals surface area contributed by atoms with Crippen molar-refractivity contribution in [3.8, 4) is 5.82 Å². The number of rotatable bonds is 10. The van der Waals surface area contributed by atoms with Crippen LogP contribution in [0.4, 0.5) is 0 Å². The molecule has 0 fully saturated rings. The van der Waals surface area contributed by atoms with Crippen LogP contribution < -0.4 is 3.58 Å². The second-order valence-corrected chi connectivity index (χ2v) is 26.1. The predicted octanol–water partition coefficient (Wildman–Crippen LogP) is 7.24. The van der Waals surface area contributed by atoms with Crippen LogP contribution in [0.1, 0.15) is 66.2 Å². The zero-order valence-corrected chi connectivity index (χ0v) is 24.8. The Labute approximate surface area is 203 Å². The van der Waals surface area contributed by atoms with Gasteiger partial charge in [-0.1, -0.05) is 53.4 Å². The van der Waals surface area contributed by atoms with Crippen LogP contribution >= 0.6 is 11.8 Å². The Hall–Kier alpha value is -1.08. The number of nitrogens with zero attached hydrogens (tertiary/aromatic N) is 4. The van der Waals surface area contributed by atoms with Gasteiger partial charge < -0.3 is 0 Å². The third-order valence-corrected chi connectivity index (χ3v) is 12.9. The van der Waals surface area contributed by atoms with E-state index in [1.54, 1.807) is 12.5 Å². The summed E-state index contributed by atoms with van der Waals surface area (Å²) in [6.07, 6.45) is 13.4. The Morgan fingerprint density at radius 1 is 0.938 bits per heavy atom.